The molecule has 1 atom stereocenters. The first-order valence-electron chi connectivity index (χ1n) is 12.3. The average Bonchev–Trinajstić information content (AvgIpc) is 3.15. The van der Waals surface area contributed by atoms with Crippen molar-refractivity contribution >= 4 is 23.5 Å². The molecular weight excluding hydrogens is 444 g/mol. The maximum atomic E-state index is 13.2. The molecule has 1 aliphatic heterocycles. The molecule has 190 valence electrons. The minimum absolute atomic E-state index is 0.0429. The third-order valence-corrected chi connectivity index (χ3v) is 7.00. The molecule has 0 bridgehead atoms. The summed E-state index contributed by atoms with van der Waals surface area (Å²) in [6.07, 6.45) is 1.53. The molecule has 8 heteroatoms. The van der Waals surface area contributed by atoms with Crippen molar-refractivity contribution in [3.8, 4) is 0 Å². The number of H-pyrrole nitrogens is 1. The molecule has 1 aromatic carbocycles. The molecule has 8 nitrogen and oxygen atoms in total. The molecule has 0 saturated carbocycles. The van der Waals surface area contributed by atoms with Crippen molar-refractivity contribution in [2.75, 3.05) is 38.7 Å². The summed E-state index contributed by atoms with van der Waals surface area (Å²) in [5.41, 5.74) is 4.33. The number of hydrogen-bond acceptors (Lipinski definition) is 5. The van der Waals surface area contributed by atoms with Crippen molar-refractivity contribution < 1.29 is 19.1 Å². The number of aryl methyl sites for hydroxylation is 1. The highest BCUT2D eigenvalue weighted by atomic mass is 16.5. The van der Waals surface area contributed by atoms with E-state index in [1.807, 2.05) is 50.2 Å². The molecule has 2 heterocycles. The molecule has 2 aromatic rings. The van der Waals surface area contributed by atoms with E-state index in [0.29, 0.717) is 42.1 Å². The molecule has 0 unspecified atom stereocenters. The lowest BCUT2D eigenvalue weighted by Gasteiger charge is -2.34. The van der Waals surface area contributed by atoms with Gasteiger partial charge in [0.05, 0.1) is 12.2 Å². The first-order chi connectivity index (χ1) is 16.6. The van der Waals surface area contributed by atoms with Gasteiger partial charge in [-0.15, -0.1) is 0 Å². The van der Waals surface area contributed by atoms with Crippen LogP contribution in [0.4, 0.5) is 5.69 Å². The summed E-state index contributed by atoms with van der Waals surface area (Å²) < 4.78 is 5.13. The number of nitrogens with zero attached hydrogens (tertiary/aromatic N) is 2. The van der Waals surface area contributed by atoms with Crippen LogP contribution in [0.5, 0.6) is 0 Å². The fraction of sp³-hybridized carbons (Fsp3) is 0.519. The van der Waals surface area contributed by atoms with Crippen molar-refractivity contribution in [2.45, 2.75) is 47.1 Å². The minimum atomic E-state index is -0.412. The zero-order valence-corrected chi connectivity index (χ0v) is 21.7. The Balaban J connectivity index is 1.53. The number of hydrogen-bond donors (Lipinski definition) is 2. The van der Waals surface area contributed by atoms with Gasteiger partial charge in [0.15, 0.2) is 0 Å². The lowest BCUT2D eigenvalue weighted by Crippen LogP contribution is -2.42. The zero-order chi connectivity index (χ0) is 25.7. The second-order valence-electron chi connectivity index (χ2n) is 9.54. The Bertz CT molecular complexity index is 1050. The molecule has 1 saturated heterocycles. The maximum Gasteiger partial charge on any atom is 0.340 e. The van der Waals surface area contributed by atoms with Gasteiger partial charge in [0, 0.05) is 51.0 Å². The highest BCUT2D eigenvalue weighted by molar-refractivity contribution is 6.00. The smallest absolute Gasteiger partial charge is 0.340 e. The monoisotopic (exact) mass is 482 g/mol. The molecule has 1 aromatic heterocycles. The van der Waals surface area contributed by atoms with Gasteiger partial charge in [-0.25, -0.2) is 4.79 Å². The maximum absolute atomic E-state index is 13.2. The van der Waals surface area contributed by atoms with Gasteiger partial charge in [0.2, 0.25) is 5.91 Å². The number of carbonyl (C=O) groups excluding carboxylic acids is 3. The molecule has 3 rings (SSSR count). The van der Waals surface area contributed by atoms with Gasteiger partial charge in [0.25, 0.3) is 5.91 Å². The van der Waals surface area contributed by atoms with E-state index in [4.69, 9.17) is 4.74 Å². The van der Waals surface area contributed by atoms with Crippen molar-refractivity contribution in [1.29, 1.82) is 0 Å². The third kappa shape index (κ3) is 6.05. The molecule has 2 amide bonds. The van der Waals surface area contributed by atoms with Crippen LogP contribution in [0.25, 0.3) is 0 Å². The number of aromatic nitrogens is 1. The Morgan fingerprint density at radius 1 is 1.14 bits per heavy atom. The number of aromatic amines is 1. The number of nitrogens with one attached hydrogen (secondary N) is 2. The largest absolute Gasteiger partial charge is 0.462 e. The molecule has 0 aliphatic carbocycles. The predicted octanol–water partition coefficient (Wildman–Crippen LogP) is 3.68. The van der Waals surface area contributed by atoms with Crippen LogP contribution in [0.15, 0.2) is 24.3 Å². The van der Waals surface area contributed by atoms with Crippen molar-refractivity contribution in [3.05, 3.63) is 52.3 Å². The number of carbonyl (C=O) groups is 3. The zero-order valence-electron chi connectivity index (χ0n) is 21.7. The predicted molar refractivity (Wildman–Crippen MR) is 137 cm³/mol. The van der Waals surface area contributed by atoms with Gasteiger partial charge in [0.1, 0.15) is 5.69 Å². The highest BCUT2D eigenvalue weighted by Crippen LogP contribution is 2.27. The van der Waals surface area contributed by atoms with Gasteiger partial charge in [-0.05, 0) is 62.8 Å². The van der Waals surface area contributed by atoms with Gasteiger partial charge in [-0.2, -0.15) is 0 Å². The van der Waals surface area contributed by atoms with Crippen molar-refractivity contribution in [2.24, 2.45) is 11.8 Å². The number of benzene rings is 1. The van der Waals surface area contributed by atoms with E-state index in [1.165, 1.54) is 0 Å². The summed E-state index contributed by atoms with van der Waals surface area (Å²) in [7, 11) is 4.00. The van der Waals surface area contributed by atoms with Gasteiger partial charge >= 0.3 is 5.97 Å². The summed E-state index contributed by atoms with van der Waals surface area (Å²) in [5.74, 6) is -0.390. The quantitative estimate of drug-likeness (QED) is 0.560. The Kier molecular flexibility index (Phi) is 8.59. The van der Waals surface area contributed by atoms with Crippen LogP contribution in [0.1, 0.15) is 64.4 Å². The molecular formula is C27H38N4O4. The van der Waals surface area contributed by atoms with Crippen LogP contribution in [0.2, 0.25) is 0 Å². The lowest BCUT2D eigenvalue weighted by molar-refractivity contribution is -0.126. The SMILES string of the molecule is CCOC(=O)c1c(C)[nH]c(C(=O)N2CCC([C@H](C)C(=O)NCc3ccc(N(C)C)cc3)CC2)c1C. The number of anilines is 1. The van der Waals surface area contributed by atoms with Gasteiger partial charge in [-0.1, -0.05) is 19.1 Å². The van der Waals surface area contributed by atoms with Crippen LogP contribution in [0, 0.1) is 25.7 Å². The lowest BCUT2D eigenvalue weighted by atomic mass is 9.84. The Morgan fingerprint density at radius 3 is 2.34 bits per heavy atom. The average molecular weight is 483 g/mol. The number of amides is 2. The second-order valence-corrected chi connectivity index (χ2v) is 9.54. The number of ether oxygens (including phenoxy) is 1. The van der Waals surface area contributed by atoms with Crippen LogP contribution >= 0.6 is 0 Å². The van der Waals surface area contributed by atoms with Gasteiger partial charge in [-0.3, -0.25) is 9.59 Å². The number of rotatable bonds is 8. The molecule has 0 spiro atoms. The van der Waals surface area contributed by atoms with E-state index in [0.717, 1.165) is 24.1 Å². The molecule has 35 heavy (non-hydrogen) atoms. The van der Waals surface area contributed by atoms with E-state index in [1.54, 1.807) is 25.7 Å². The molecule has 1 aliphatic rings. The van der Waals surface area contributed by atoms with Crippen LogP contribution in [0.3, 0.4) is 0 Å². The molecule has 0 radical (unpaired) electrons. The second kappa shape index (κ2) is 11.4. The Labute approximate surface area is 208 Å². The number of piperidine rings is 1. The van der Waals surface area contributed by atoms with E-state index in [9.17, 15) is 14.4 Å². The Hall–Kier alpha value is -3.29. The highest BCUT2D eigenvalue weighted by Gasteiger charge is 2.32. The third-order valence-electron chi connectivity index (χ3n) is 7.00. The summed E-state index contributed by atoms with van der Waals surface area (Å²) in [6.45, 7) is 9.23. The summed E-state index contributed by atoms with van der Waals surface area (Å²) in [5, 5.41) is 3.06. The van der Waals surface area contributed by atoms with Crippen LogP contribution < -0.4 is 10.2 Å². The fourth-order valence-electron chi connectivity index (χ4n) is 4.71. The first kappa shape index (κ1) is 26.3. The number of esters is 1. The minimum Gasteiger partial charge on any atom is -0.462 e. The Morgan fingerprint density at radius 2 is 1.77 bits per heavy atom. The molecule has 1 fully saturated rings. The van der Waals surface area contributed by atoms with Crippen molar-refractivity contribution in [1.82, 2.24) is 15.2 Å². The normalized spacial score (nSPS) is 15.0. The van der Waals surface area contributed by atoms with Crippen molar-refractivity contribution in [3.63, 3.8) is 0 Å². The topological polar surface area (TPSA) is 94.7 Å². The molecule has 2 N–H and O–H groups in total. The van der Waals surface area contributed by atoms with E-state index in [-0.39, 0.29) is 30.3 Å². The van der Waals surface area contributed by atoms with E-state index in [2.05, 4.69) is 10.3 Å². The summed E-state index contributed by atoms with van der Waals surface area (Å²) in [4.78, 5) is 45.1. The summed E-state index contributed by atoms with van der Waals surface area (Å²) >= 11 is 0. The van der Waals surface area contributed by atoms with E-state index < -0.39 is 5.97 Å². The van der Waals surface area contributed by atoms with Crippen LogP contribution in [-0.2, 0) is 16.1 Å². The number of likely N-dealkylation sites (tertiary alicyclic amines) is 1. The standard InChI is InChI=1S/C27H38N4O4/c1-7-35-27(34)23-18(3)24(29-19(23)4)26(33)31-14-12-21(13-15-31)17(2)25(32)28-16-20-8-10-22(11-9-20)30(5)6/h8-11,17,21,29H,7,12-16H2,1-6H3,(H,28,32)/t17-/m0/s1. The summed E-state index contributed by atoms with van der Waals surface area (Å²) in [6, 6.07) is 8.14. The van der Waals surface area contributed by atoms with E-state index >= 15 is 0 Å². The van der Waals surface area contributed by atoms with Crippen LogP contribution in [-0.4, -0.2) is 61.5 Å². The van der Waals surface area contributed by atoms with Gasteiger partial charge < -0.3 is 24.8 Å². The fourth-order valence-corrected chi connectivity index (χ4v) is 4.71. The first-order valence-corrected chi connectivity index (χ1v) is 12.3.